The van der Waals surface area contributed by atoms with Crippen LogP contribution in [0.25, 0.3) is 6.08 Å². The van der Waals surface area contributed by atoms with Gasteiger partial charge in [-0.05, 0) is 42.0 Å². The zero-order chi connectivity index (χ0) is 16.7. The van der Waals surface area contributed by atoms with E-state index in [4.69, 9.17) is 0 Å². The fraction of sp³-hybridized carbons (Fsp3) is 0.125. The van der Waals surface area contributed by atoms with Gasteiger partial charge in [-0.2, -0.15) is 13.2 Å². The van der Waals surface area contributed by atoms with E-state index in [2.05, 4.69) is 15.0 Å². The van der Waals surface area contributed by atoms with Crippen molar-refractivity contribution in [2.75, 3.05) is 11.9 Å². The van der Waals surface area contributed by atoms with E-state index in [9.17, 15) is 18.0 Å². The summed E-state index contributed by atoms with van der Waals surface area (Å²) in [5.41, 5.74) is 1.23. The van der Waals surface area contributed by atoms with Gasteiger partial charge in [0.25, 0.3) is 0 Å². The Labute approximate surface area is 130 Å². The number of nitrogens with one attached hydrogen (secondary N) is 1. The summed E-state index contributed by atoms with van der Waals surface area (Å²) in [6.07, 6.45) is 1.79. The van der Waals surface area contributed by atoms with Crippen molar-refractivity contribution in [3.05, 3.63) is 60.4 Å². The average Bonchev–Trinajstić information content (AvgIpc) is 2.53. The molecular formula is C16H13F3N2O2. The lowest BCUT2D eigenvalue weighted by Gasteiger charge is -2.09. The van der Waals surface area contributed by atoms with Gasteiger partial charge in [0.1, 0.15) is 5.75 Å². The summed E-state index contributed by atoms with van der Waals surface area (Å²) in [5, 5.41) is 2.59. The number of rotatable bonds is 5. The number of carbonyl (C=O) groups excluding carboxylic acids is 1. The zero-order valence-corrected chi connectivity index (χ0v) is 11.9. The molecule has 23 heavy (non-hydrogen) atoms. The zero-order valence-electron chi connectivity index (χ0n) is 11.9. The van der Waals surface area contributed by atoms with Gasteiger partial charge in [-0.25, -0.2) is 0 Å². The largest absolute Gasteiger partial charge is 0.484 e. The highest BCUT2D eigenvalue weighted by molar-refractivity contribution is 6.01. The van der Waals surface area contributed by atoms with Crippen LogP contribution < -0.4 is 10.1 Å². The number of aromatic nitrogens is 1. The molecule has 1 N–H and O–H groups in total. The third-order valence-electron chi connectivity index (χ3n) is 2.64. The van der Waals surface area contributed by atoms with E-state index >= 15 is 0 Å². The summed E-state index contributed by atoms with van der Waals surface area (Å²) >= 11 is 0. The molecule has 7 heteroatoms. The number of pyridine rings is 1. The maximum Gasteiger partial charge on any atom is 0.422 e. The van der Waals surface area contributed by atoms with Crippen LogP contribution in [-0.4, -0.2) is 23.7 Å². The third-order valence-corrected chi connectivity index (χ3v) is 2.64. The van der Waals surface area contributed by atoms with E-state index in [0.717, 1.165) is 5.56 Å². The van der Waals surface area contributed by atoms with Gasteiger partial charge in [0.15, 0.2) is 6.61 Å². The number of hydrogen-bond donors (Lipinski definition) is 1. The Bertz CT molecular complexity index is 668. The van der Waals surface area contributed by atoms with Crippen molar-refractivity contribution in [2.24, 2.45) is 0 Å². The Hall–Kier alpha value is -2.83. The molecule has 120 valence electrons. The minimum atomic E-state index is -4.38. The summed E-state index contributed by atoms with van der Waals surface area (Å²) in [7, 11) is 0. The summed E-state index contributed by atoms with van der Waals surface area (Å²) in [5.74, 6) is -0.288. The molecule has 1 amide bonds. The number of carbonyl (C=O) groups is 1. The first-order valence-electron chi connectivity index (χ1n) is 6.61. The Morgan fingerprint density at radius 1 is 1.22 bits per heavy atom. The van der Waals surface area contributed by atoms with Crippen LogP contribution >= 0.6 is 0 Å². The van der Waals surface area contributed by atoms with Crippen molar-refractivity contribution in [1.82, 2.24) is 4.98 Å². The molecule has 0 spiro atoms. The first-order valence-corrected chi connectivity index (χ1v) is 6.61. The molecule has 2 rings (SSSR count). The monoisotopic (exact) mass is 322 g/mol. The first kappa shape index (κ1) is 16.5. The molecule has 0 fully saturated rings. The van der Waals surface area contributed by atoms with Crippen LogP contribution in [-0.2, 0) is 4.79 Å². The Morgan fingerprint density at radius 2 is 1.96 bits per heavy atom. The standard InChI is InChI=1S/C16H13F3N2O2/c17-16(18,19)11-23-14-6-4-13(5-7-14)21-15(22)8-3-12-2-1-9-20-10-12/h1-10H,11H2,(H,21,22)/b8-3+. The van der Waals surface area contributed by atoms with Crippen molar-refractivity contribution in [3.8, 4) is 5.75 Å². The van der Waals surface area contributed by atoms with E-state index in [0.29, 0.717) is 5.69 Å². The van der Waals surface area contributed by atoms with Gasteiger partial charge in [-0.3, -0.25) is 9.78 Å². The number of nitrogens with zero attached hydrogens (tertiary/aromatic N) is 1. The number of anilines is 1. The second-order valence-electron chi connectivity index (χ2n) is 4.54. The predicted molar refractivity (Wildman–Crippen MR) is 79.9 cm³/mol. The smallest absolute Gasteiger partial charge is 0.422 e. The average molecular weight is 322 g/mol. The minimum absolute atomic E-state index is 0.0752. The SMILES string of the molecule is O=C(/C=C/c1cccnc1)Nc1ccc(OCC(F)(F)F)cc1. The highest BCUT2D eigenvalue weighted by Crippen LogP contribution is 2.20. The number of amides is 1. The summed E-state index contributed by atoms with van der Waals surface area (Å²) in [4.78, 5) is 15.6. The number of benzene rings is 1. The number of halogens is 3. The lowest BCUT2D eigenvalue weighted by Crippen LogP contribution is -2.19. The molecule has 4 nitrogen and oxygen atoms in total. The summed E-state index contributed by atoms with van der Waals surface area (Å²) in [6, 6.07) is 9.17. The highest BCUT2D eigenvalue weighted by atomic mass is 19.4. The molecule has 0 aliphatic rings. The molecule has 0 saturated heterocycles. The van der Waals surface area contributed by atoms with Crippen molar-refractivity contribution in [1.29, 1.82) is 0 Å². The van der Waals surface area contributed by atoms with Gasteiger partial charge in [0.05, 0.1) is 0 Å². The molecule has 1 aromatic heterocycles. The maximum atomic E-state index is 12.0. The van der Waals surface area contributed by atoms with Crippen LogP contribution in [0.15, 0.2) is 54.9 Å². The van der Waals surface area contributed by atoms with E-state index in [1.54, 1.807) is 30.6 Å². The fourth-order valence-corrected chi connectivity index (χ4v) is 1.63. The van der Waals surface area contributed by atoms with Crippen molar-refractivity contribution in [2.45, 2.75) is 6.18 Å². The Kier molecular flexibility index (Phi) is 5.35. The van der Waals surface area contributed by atoms with Crippen LogP contribution in [0.4, 0.5) is 18.9 Å². The lowest BCUT2D eigenvalue weighted by atomic mass is 10.2. The molecule has 1 aromatic carbocycles. The van der Waals surface area contributed by atoms with Gasteiger partial charge in [0.2, 0.25) is 5.91 Å². The molecule has 0 unspecified atom stereocenters. The lowest BCUT2D eigenvalue weighted by molar-refractivity contribution is -0.153. The van der Waals surface area contributed by atoms with E-state index in [1.807, 2.05) is 0 Å². The van der Waals surface area contributed by atoms with Crippen LogP contribution in [0.5, 0.6) is 5.75 Å². The number of alkyl halides is 3. The van der Waals surface area contributed by atoms with Gasteiger partial charge in [0, 0.05) is 24.2 Å². The van der Waals surface area contributed by atoms with Crippen LogP contribution in [0.2, 0.25) is 0 Å². The van der Waals surface area contributed by atoms with Crippen molar-refractivity contribution >= 4 is 17.7 Å². The number of hydrogen-bond acceptors (Lipinski definition) is 3. The molecule has 0 aliphatic carbocycles. The van der Waals surface area contributed by atoms with Crippen molar-refractivity contribution < 1.29 is 22.7 Å². The van der Waals surface area contributed by atoms with E-state index in [1.165, 1.54) is 30.3 Å². The van der Waals surface area contributed by atoms with Crippen LogP contribution in [0.1, 0.15) is 5.56 Å². The summed E-state index contributed by atoms with van der Waals surface area (Å²) < 4.78 is 40.6. The molecule has 2 aromatic rings. The fourth-order valence-electron chi connectivity index (χ4n) is 1.63. The molecule has 0 saturated carbocycles. The summed E-state index contributed by atoms with van der Waals surface area (Å²) in [6.45, 7) is -1.35. The maximum absolute atomic E-state index is 12.0. The second-order valence-corrected chi connectivity index (χ2v) is 4.54. The second kappa shape index (κ2) is 7.44. The normalized spacial score (nSPS) is 11.4. The molecular weight excluding hydrogens is 309 g/mol. The molecule has 0 aliphatic heterocycles. The predicted octanol–water partition coefficient (Wildman–Crippen LogP) is 3.67. The van der Waals surface area contributed by atoms with Gasteiger partial charge < -0.3 is 10.1 Å². The van der Waals surface area contributed by atoms with Gasteiger partial charge in [-0.1, -0.05) is 6.07 Å². The molecule has 0 bridgehead atoms. The Balaban J connectivity index is 1.88. The third kappa shape index (κ3) is 6.21. The van der Waals surface area contributed by atoms with E-state index < -0.39 is 12.8 Å². The van der Waals surface area contributed by atoms with Gasteiger partial charge in [-0.15, -0.1) is 0 Å². The van der Waals surface area contributed by atoms with Crippen LogP contribution in [0, 0.1) is 0 Å². The minimum Gasteiger partial charge on any atom is -0.484 e. The van der Waals surface area contributed by atoms with Crippen LogP contribution in [0.3, 0.4) is 0 Å². The first-order chi connectivity index (χ1) is 10.9. The molecule has 0 radical (unpaired) electrons. The van der Waals surface area contributed by atoms with Crippen molar-refractivity contribution in [3.63, 3.8) is 0 Å². The van der Waals surface area contributed by atoms with Gasteiger partial charge >= 0.3 is 6.18 Å². The number of ether oxygens (including phenoxy) is 1. The molecule has 1 heterocycles. The Morgan fingerprint density at radius 3 is 2.57 bits per heavy atom. The highest BCUT2D eigenvalue weighted by Gasteiger charge is 2.28. The molecule has 0 atom stereocenters. The van der Waals surface area contributed by atoms with E-state index in [-0.39, 0.29) is 11.7 Å². The topological polar surface area (TPSA) is 51.2 Å². The quantitative estimate of drug-likeness (QED) is 0.855.